The van der Waals surface area contributed by atoms with E-state index in [1.54, 1.807) is 28.0 Å². The Morgan fingerprint density at radius 1 is 1.15 bits per heavy atom. The maximum Gasteiger partial charge on any atom is 0.268 e. The monoisotopic (exact) mass is 385 g/mol. The molecule has 1 aromatic carbocycles. The number of nitrogens with zero attached hydrogens (tertiary/aromatic N) is 4. The Bertz CT molecular complexity index is 1200. The fraction of sp³-hybridized carbons (Fsp3) is 0.278. The van der Waals surface area contributed by atoms with Gasteiger partial charge >= 0.3 is 0 Å². The zero-order valence-corrected chi connectivity index (χ0v) is 15.7. The number of rotatable bonds is 2. The minimum absolute atomic E-state index is 0.0377. The Kier molecular flexibility index (Phi) is 3.55. The molecule has 0 atom stereocenters. The van der Waals surface area contributed by atoms with Crippen molar-refractivity contribution >= 4 is 44.9 Å². The average Bonchev–Trinajstić information content (AvgIpc) is 3.24. The van der Waals surface area contributed by atoms with Gasteiger partial charge in [0.2, 0.25) is 11.7 Å². The molecule has 0 fully saturated rings. The molecule has 132 valence electrons. The summed E-state index contributed by atoms with van der Waals surface area (Å²) in [5.41, 5.74) is 1.89. The van der Waals surface area contributed by atoms with Gasteiger partial charge in [0.15, 0.2) is 0 Å². The van der Waals surface area contributed by atoms with Crippen molar-refractivity contribution in [3.8, 4) is 5.69 Å². The molecule has 3 aromatic heterocycles. The first kappa shape index (κ1) is 15.8. The van der Waals surface area contributed by atoms with Gasteiger partial charge in [-0.1, -0.05) is 11.6 Å². The molecule has 0 bridgehead atoms. The van der Waals surface area contributed by atoms with Crippen molar-refractivity contribution in [1.29, 1.82) is 0 Å². The zero-order valence-electron chi connectivity index (χ0n) is 14.1. The van der Waals surface area contributed by atoms with Crippen molar-refractivity contribution in [1.82, 2.24) is 19.2 Å². The average molecular weight is 386 g/mol. The summed E-state index contributed by atoms with van der Waals surface area (Å²) in [5, 5.41) is 13.0. The summed E-state index contributed by atoms with van der Waals surface area (Å²) >= 11 is 7.72. The third-order valence-electron chi connectivity index (χ3n) is 4.93. The highest BCUT2D eigenvalue weighted by atomic mass is 35.5. The van der Waals surface area contributed by atoms with Crippen LogP contribution in [0.2, 0.25) is 5.02 Å². The zero-order chi connectivity index (χ0) is 17.8. The number of benzene rings is 1. The maximum absolute atomic E-state index is 13.5. The molecular weight excluding hydrogens is 370 g/mol. The molecule has 0 spiro atoms. The normalized spacial score (nSPS) is 14.1. The Labute approximate surface area is 158 Å². The molecule has 0 radical (unpaired) electrons. The number of aromatic nitrogens is 4. The van der Waals surface area contributed by atoms with Gasteiger partial charge in [0.05, 0.1) is 11.1 Å². The third-order valence-corrected chi connectivity index (χ3v) is 6.46. The van der Waals surface area contributed by atoms with Gasteiger partial charge in [0.25, 0.3) is 5.56 Å². The van der Waals surface area contributed by atoms with Crippen molar-refractivity contribution in [3.63, 3.8) is 0 Å². The van der Waals surface area contributed by atoms with Crippen LogP contribution in [0.4, 0.5) is 5.95 Å². The lowest BCUT2D eigenvalue weighted by atomic mass is 9.97. The first-order chi connectivity index (χ1) is 12.7. The molecule has 1 aliphatic rings. The second-order valence-electron chi connectivity index (χ2n) is 6.42. The Morgan fingerprint density at radius 2 is 1.92 bits per heavy atom. The third kappa shape index (κ3) is 2.13. The fourth-order valence-corrected chi connectivity index (χ4v) is 5.23. The van der Waals surface area contributed by atoms with Crippen LogP contribution in [0.5, 0.6) is 0 Å². The standard InChI is InChI=1S/C18H16ClN5OS/c1-20-17-21-22-18-23(11-8-6-10(19)7-9-11)15(25)14-12-4-2-3-5-13(12)26-16(14)24(17)18/h6-9H,2-5H2,1H3,(H,20,21). The topological polar surface area (TPSA) is 64.2 Å². The van der Waals surface area contributed by atoms with Gasteiger partial charge < -0.3 is 5.32 Å². The van der Waals surface area contributed by atoms with Crippen LogP contribution in [0, 0.1) is 0 Å². The van der Waals surface area contributed by atoms with E-state index in [0.29, 0.717) is 16.7 Å². The number of anilines is 1. The number of aryl methyl sites for hydroxylation is 2. The fourth-order valence-electron chi connectivity index (χ4n) is 3.72. The number of nitrogens with one attached hydrogen (secondary N) is 1. The van der Waals surface area contributed by atoms with Gasteiger partial charge in [-0.15, -0.1) is 21.5 Å². The van der Waals surface area contributed by atoms with Crippen LogP contribution >= 0.6 is 22.9 Å². The van der Waals surface area contributed by atoms with Crippen LogP contribution in [-0.4, -0.2) is 26.2 Å². The van der Waals surface area contributed by atoms with E-state index in [9.17, 15) is 4.79 Å². The highest BCUT2D eigenvalue weighted by Crippen LogP contribution is 2.36. The molecule has 0 unspecified atom stereocenters. The van der Waals surface area contributed by atoms with Gasteiger partial charge in [-0.05, 0) is 55.5 Å². The number of hydrogen-bond acceptors (Lipinski definition) is 5. The first-order valence-electron chi connectivity index (χ1n) is 8.57. The van der Waals surface area contributed by atoms with Crippen LogP contribution in [0.1, 0.15) is 23.3 Å². The van der Waals surface area contributed by atoms with Crippen LogP contribution < -0.4 is 10.9 Å². The van der Waals surface area contributed by atoms with E-state index in [1.165, 1.54) is 16.9 Å². The highest BCUT2D eigenvalue weighted by molar-refractivity contribution is 7.19. The molecule has 5 rings (SSSR count). The second-order valence-corrected chi connectivity index (χ2v) is 7.94. The molecule has 4 aromatic rings. The first-order valence-corrected chi connectivity index (χ1v) is 9.76. The van der Waals surface area contributed by atoms with E-state index in [-0.39, 0.29) is 5.56 Å². The summed E-state index contributed by atoms with van der Waals surface area (Å²) in [6, 6.07) is 7.23. The van der Waals surface area contributed by atoms with Crippen molar-refractivity contribution in [2.75, 3.05) is 12.4 Å². The Hall–Kier alpha value is -2.38. The molecule has 0 saturated heterocycles. The number of hydrogen-bond donors (Lipinski definition) is 1. The van der Waals surface area contributed by atoms with E-state index in [4.69, 9.17) is 11.6 Å². The van der Waals surface area contributed by atoms with Crippen LogP contribution in [-0.2, 0) is 12.8 Å². The summed E-state index contributed by atoms with van der Waals surface area (Å²) in [7, 11) is 1.81. The lowest BCUT2D eigenvalue weighted by molar-refractivity contribution is 0.699. The predicted molar refractivity (Wildman–Crippen MR) is 105 cm³/mol. The van der Waals surface area contributed by atoms with E-state index in [0.717, 1.165) is 35.2 Å². The molecule has 3 heterocycles. The van der Waals surface area contributed by atoms with Crippen molar-refractivity contribution in [2.24, 2.45) is 0 Å². The van der Waals surface area contributed by atoms with E-state index in [1.807, 2.05) is 23.6 Å². The summed E-state index contributed by atoms with van der Waals surface area (Å²) in [6.45, 7) is 0. The minimum Gasteiger partial charge on any atom is -0.357 e. The number of fused-ring (bicyclic) bond motifs is 5. The number of halogens is 1. The quantitative estimate of drug-likeness (QED) is 0.571. The van der Waals surface area contributed by atoms with E-state index in [2.05, 4.69) is 15.5 Å². The maximum atomic E-state index is 13.5. The molecule has 0 aliphatic heterocycles. The molecule has 0 amide bonds. The van der Waals surface area contributed by atoms with Crippen LogP contribution in [0.3, 0.4) is 0 Å². The summed E-state index contributed by atoms with van der Waals surface area (Å²) < 4.78 is 3.59. The van der Waals surface area contributed by atoms with Gasteiger partial charge in [-0.2, -0.15) is 0 Å². The molecule has 1 aliphatic carbocycles. The predicted octanol–water partition coefficient (Wildman–Crippen LogP) is 3.67. The molecule has 6 nitrogen and oxygen atoms in total. The van der Waals surface area contributed by atoms with Gasteiger partial charge in [-0.3, -0.25) is 4.79 Å². The number of thiophene rings is 1. The smallest absolute Gasteiger partial charge is 0.268 e. The molecule has 1 N–H and O–H groups in total. The van der Waals surface area contributed by atoms with Crippen molar-refractivity contribution in [2.45, 2.75) is 25.7 Å². The lowest BCUT2D eigenvalue weighted by Crippen LogP contribution is -2.22. The molecule has 26 heavy (non-hydrogen) atoms. The minimum atomic E-state index is -0.0377. The second kappa shape index (κ2) is 5.82. The lowest BCUT2D eigenvalue weighted by Gasteiger charge is -2.12. The van der Waals surface area contributed by atoms with Crippen LogP contribution in [0.15, 0.2) is 29.1 Å². The van der Waals surface area contributed by atoms with E-state index >= 15 is 0 Å². The SMILES string of the molecule is CNc1nnc2n(-c3ccc(Cl)cc3)c(=O)c3c4c(sc3n12)CCCC4. The molecule has 8 heteroatoms. The van der Waals surface area contributed by atoms with Gasteiger partial charge in [0, 0.05) is 16.9 Å². The van der Waals surface area contributed by atoms with Crippen LogP contribution in [0.25, 0.3) is 21.7 Å². The molecular formula is C18H16ClN5OS. The van der Waals surface area contributed by atoms with Crippen molar-refractivity contribution < 1.29 is 0 Å². The highest BCUT2D eigenvalue weighted by Gasteiger charge is 2.25. The van der Waals surface area contributed by atoms with E-state index < -0.39 is 0 Å². The summed E-state index contributed by atoms with van der Waals surface area (Å²) in [4.78, 5) is 15.7. The summed E-state index contributed by atoms with van der Waals surface area (Å²) in [6.07, 6.45) is 4.29. The summed E-state index contributed by atoms with van der Waals surface area (Å²) in [5.74, 6) is 1.14. The molecule has 0 saturated carbocycles. The largest absolute Gasteiger partial charge is 0.357 e. The van der Waals surface area contributed by atoms with Gasteiger partial charge in [0.1, 0.15) is 4.83 Å². The van der Waals surface area contributed by atoms with Crippen molar-refractivity contribution in [3.05, 3.63) is 50.1 Å². The van der Waals surface area contributed by atoms with Gasteiger partial charge in [-0.25, -0.2) is 8.97 Å². The Morgan fingerprint density at radius 3 is 2.69 bits per heavy atom. The Balaban J connectivity index is 1.98.